The highest BCUT2D eigenvalue weighted by atomic mass is 19.1. The SMILES string of the molecule is Cc1ccc(OCC(=O)N2CCC(COc3ccccc3F)CC2)cc1. The fourth-order valence-corrected chi connectivity index (χ4v) is 2.99. The number of likely N-dealkylation sites (tertiary alicyclic amines) is 1. The number of hydrogen-bond acceptors (Lipinski definition) is 3. The average molecular weight is 357 g/mol. The van der Waals surface area contributed by atoms with E-state index in [2.05, 4.69) is 0 Å². The van der Waals surface area contributed by atoms with Crippen LogP contribution in [0.15, 0.2) is 48.5 Å². The summed E-state index contributed by atoms with van der Waals surface area (Å²) in [6, 6.07) is 14.1. The zero-order valence-electron chi connectivity index (χ0n) is 15.0. The molecule has 1 aliphatic heterocycles. The number of aryl methyl sites for hydroxylation is 1. The van der Waals surface area contributed by atoms with Crippen molar-refractivity contribution in [3.8, 4) is 11.5 Å². The van der Waals surface area contributed by atoms with Gasteiger partial charge in [0.15, 0.2) is 18.2 Å². The van der Waals surface area contributed by atoms with Crippen LogP contribution in [0.5, 0.6) is 11.5 Å². The van der Waals surface area contributed by atoms with Crippen LogP contribution in [0.2, 0.25) is 0 Å². The molecule has 3 rings (SSSR count). The summed E-state index contributed by atoms with van der Waals surface area (Å²) in [7, 11) is 0. The Morgan fingerprint density at radius 3 is 2.46 bits per heavy atom. The number of benzene rings is 2. The second-order valence-electron chi connectivity index (χ2n) is 6.67. The molecule has 0 saturated carbocycles. The monoisotopic (exact) mass is 357 g/mol. The molecule has 0 aliphatic carbocycles. The Kier molecular flexibility index (Phi) is 6.10. The third-order valence-electron chi connectivity index (χ3n) is 4.66. The van der Waals surface area contributed by atoms with E-state index < -0.39 is 0 Å². The van der Waals surface area contributed by atoms with Crippen molar-refractivity contribution in [2.75, 3.05) is 26.3 Å². The molecule has 0 unspecified atom stereocenters. The Hall–Kier alpha value is -2.56. The summed E-state index contributed by atoms with van der Waals surface area (Å²) in [4.78, 5) is 14.1. The van der Waals surface area contributed by atoms with E-state index in [9.17, 15) is 9.18 Å². The second-order valence-corrected chi connectivity index (χ2v) is 6.67. The van der Waals surface area contributed by atoms with E-state index >= 15 is 0 Å². The minimum absolute atomic E-state index is 0.000882. The van der Waals surface area contributed by atoms with Crippen molar-refractivity contribution in [2.24, 2.45) is 5.92 Å². The zero-order valence-corrected chi connectivity index (χ0v) is 15.0. The van der Waals surface area contributed by atoms with E-state index in [1.807, 2.05) is 36.1 Å². The standard InChI is InChI=1S/C21H24FNO3/c1-16-6-8-18(9-7-16)25-15-21(24)23-12-10-17(11-13-23)14-26-20-5-3-2-4-19(20)22/h2-9,17H,10-15H2,1H3. The van der Waals surface area contributed by atoms with Gasteiger partial charge in [-0.25, -0.2) is 4.39 Å². The summed E-state index contributed by atoms with van der Waals surface area (Å²) in [5.74, 6) is 0.985. The zero-order chi connectivity index (χ0) is 18.4. The highest BCUT2D eigenvalue weighted by Gasteiger charge is 2.23. The Labute approximate surface area is 153 Å². The Bertz CT molecular complexity index is 724. The maximum Gasteiger partial charge on any atom is 0.260 e. The Morgan fingerprint density at radius 2 is 1.77 bits per heavy atom. The van der Waals surface area contributed by atoms with Gasteiger partial charge in [-0.1, -0.05) is 29.8 Å². The predicted octanol–water partition coefficient (Wildman–Crippen LogP) is 3.83. The largest absolute Gasteiger partial charge is 0.490 e. The van der Waals surface area contributed by atoms with Gasteiger partial charge < -0.3 is 14.4 Å². The van der Waals surface area contributed by atoms with Crippen molar-refractivity contribution in [3.05, 3.63) is 59.9 Å². The molecule has 26 heavy (non-hydrogen) atoms. The highest BCUT2D eigenvalue weighted by Crippen LogP contribution is 2.21. The molecule has 5 heteroatoms. The van der Waals surface area contributed by atoms with Crippen LogP contribution in [0.25, 0.3) is 0 Å². The number of para-hydroxylation sites is 1. The van der Waals surface area contributed by atoms with Gasteiger partial charge in [-0.15, -0.1) is 0 Å². The lowest BCUT2D eigenvalue weighted by atomic mass is 9.98. The number of nitrogens with zero attached hydrogens (tertiary/aromatic N) is 1. The van der Waals surface area contributed by atoms with E-state index in [1.54, 1.807) is 18.2 Å². The number of hydrogen-bond donors (Lipinski definition) is 0. The van der Waals surface area contributed by atoms with Crippen molar-refractivity contribution in [1.29, 1.82) is 0 Å². The lowest BCUT2D eigenvalue weighted by Crippen LogP contribution is -2.42. The van der Waals surface area contributed by atoms with Crippen LogP contribution in [0.4, 0.5) is 4.39 Å². The fraction of sp³-hybridized carbons (Fsp3) is 0.381. The van der Waals surface area contributed by atoms with Crippen molar-refractivity contribution in [3.63, 3.8) is 0 Å². The molecule has 2 aromatic carbocycles. The van der Waals surface area contributed by atoms with Crippen LogP contribution in [0.3, 0.4) is 0 Å². The predicted molar refractivity (Wildman–Crippen MR) is 97.9 cm³/mol. The van der Waals surface area contributed by atoms with Crippen molar-refractivity contribution < 1.29 is 18.7 Å². The molecule has 2 aromatic rings. The van der Waals surface area contributed by atoms with Crippen LogP contribution < -0.4 is 9.47 Å². The first-order valence-corrected chi connectivity index (χ1v) is 8.96. The fourth-order valence-electron chi connectivity index (χ4n) is 2.99. The number of amides is 1. The van der Waals surface area contributed by atoms with Gasteiger partial charge in [0.2, 0.25) is 0 Å². The van der Waals surface area contributed by atoms with Gasteiger partial charge in [0.25, 0.3) is 5.91 Å². The lowest BCUT2D eigenvalue weighted by molar-refractivity contribution is -0.134. The van der Waals surface area contributed by atoms with E-state index in [4.69, 9.17) is 9.47 Å². The third-order valence-corrected chi connectivity index (χ3v) is 4.66. The maximum atomic E-state index is 13.6. The van der Waals surface area contributed by atoms with E-state index in [-0.39, 0.29) is 24.1 Å². The number of piperidine rings is 1. The minimum atomic E-state index is -0.339. The first-order chi connectivity index (χ1) is 12.6. The maximum absolute atomic E-state index is 13.6. The number of rotatable bonds is 6. The molecule has 0 spiro atoms. The molecular formula is C21H24FNO3. The number of halogens is 1. The van der Waals surface area contributed by atoms with Crippen LogP contribution in [-0.4, -0.2) is 37.1 Å². The molecule has 4 nitrogen and oxygen atoms in total. The summed E-state index contributed by atoms with van der Waals surface area (Å²) in [6.45, 7) is 3.90. The van der Waals surface area contributed by atoms with Gasteiger partial charge in [0.05, 0.1) is 6.61 Å². The van der Waals surface area contributed by atoms with E-state index in [0.29, 0.717) is 31.4 Å². The average Bonchev–Trinajstić information content (AvgIpc) is 2.67. The summed E-state index contributed by atoms with van der Waals surface area (Å²) in [5, 5.41) is 0. The van der Waals surface area contributed by atoms with Crippen molar-refractivity contribution >= 4 is 5.91 Å². The molecule has 0 aromatic heterocycles. The van der Waals surface area contributed by atoms with Gasteiger partial charge in [-0.2, -0.15) is 0 Å². The molecule has 0 bridgehead atoms. The van der Waals surface area contributed by atoms with Crippen molar-refractivity contribution in [2.45, 2.75) is 19.8 Å². The molecule has 138 valence electrons. The van der Waals surface area contributed by atoms with Gasteiger partial charge in [-0.05, 0) is 49.9 Å². The number of carbonyl (C=O) groups is 1. The summed E-state index contributed by atoms with van der Waals surface area (Å²) in [5.41, 5.74) is 1.16. The first kappa shape index (κ1) is 18.2. The van der Waals surface area contributed by atoms with Crippen LogP contribution in [0, 0.1) is 18.7 Å². The molecule has 1 heterocycles. The third kappa shape index (κ3) is 4.97. The summed E-state index contributed by atoms with van der Waals surface area (Å²) in [6.07, 6.45) is 1.70. The highest BCUT2D eigenvalue weighted by molar-refractivity contribution is 5.77. The number of carbonyl (C=O) groups excluding carboxylic acids is 1. The molecule has 1 amide bonds. The molecule has 1 aliphatic rings. The van der Waals surface area contributed by atoms with Gasteiger partial charge in [0.1, 0.15) is 5.75 Å². The molecule has 1 saturated heterocycles. The first-order valence-electron chi connectivity index (χ1n) is 8.96. The Morgan fingerprint density at radius 1 is 1.08 bits per heavy atom. The smallest absolute Gasteiger partial charge is 0.260 e. The number of ether oxygens (including phenoxy) is 2. The lowest BCUT2D eigenvalue weighted by Gasteiger charge is -2.31. The quantitative estimate of drug-likeness (QED) is 0.789. The molecule has 0 N–H and O–H groups in total. The van der Waals surface area contributed by atoms with Gasteiger partial charge >= 0.3 is 0 Å². The summed E-state index contributed by atoms with van der Waals surface area (Å²) < 4.78 is 24.7. The normalized spacial score (nSPS) is 14.9. The topological polar surface area (TPSA) is 38.8 Å². The molecule has 0 radical (unpaired) electrons. The second kappa shape index (κ2) is 8.70. The van der Waals surface area contributed by atoms with Gasteiger partial charge in [-0.3, -0.25) is 4.79 Å². The van der Waals surface area contributed by atoms with E-state index in [0.717, 1.165) is 18.4 Å². The van der Waals surface area contributed by atoms with Crippen molar-refractivity contribution in [1.82, 2.24) is 4.90 Å². The molecule has 0 atom stereocenters. The van der Waals surface area contributed by atoms with Crippen LogP contribution in [-0.2, 0) is 4.79 Å². The van der Waals surface area contributed by atoms with E-state index in [1.165, 1.54) is 6.07 Å². The van der Waals surface area contributed by atoms with Crippen LogP contribution in [0.1, 0.15) is 18.4 Å². The van der Waals surface area contributed by atoms with Gasteiger partial charge in [0, 0.05) is 13.1 Å². The molecule has 1 fully saturated rings. The summed E-state index contributed by atoms with van der Waals surface area (Å²) >= 11 is 0. The minimum Gasteiger partial charge on any atom is -0.490 e. The van der Waals surface area contributed by atoms with Crippen LogP contribution >= 0.6 is 0 Å². The Balaban J connectivity index is 1.39. The molecular weight excluding hydrogens is 333 g/mol.